The first-order chi connectivity index (χ1) is 9.29. The van der Waals surface area contributed by atoms with Crippen molar-refractivity contribution in [1.82, 2.24) is 5.32 Å². The van der Waals surface area contributed by atoms with Crippen LogP contribution in [0.2, 0.25) is 0 Å². The molecule has 0 saturated heterocycles. The van der Waals surface area contributed by atoms with E-state index in [0.717, 1.165) is 29.3 Å². The Bertz CT molecular complexity index is 602. The highest BCUT2D eigenvalue weighted by Gasteiger charge is 2.35. The van der Waals surface area contributed by atoms with Crippen molar-refractivity contribution in [3.63, 3.8) is 0 Å². The normalized spacial score (nSPS) is 26.6. The van der Waals surface area contributed by atoms with Crippen LogP contribution in [0.5, 0.6) is 0 Å². The average molecular weight is 259 g/mol. The van der Waals surface area contributed by atoms with Gasteiger partial charge in [0.15, 0.2) is 0 Å². The molecule has 1 heterocycles. The van der Waals surface area contributed by atoms with Crippen LogP contribution >= 0.6 is 0 Å². The summed E-state index contributed by atoms with van der Waals surface area (Å²) < 4.78 is 19.1. The van der Waals surface area contributed by atoms with Gasteiger partial charge in [0.2, 0.25) is 0 Å². The van der Waals surface area contributed by atoms with E-state index in [2.05, 4.69) is 5.32 Å². The molecule has 0 amide bonds. The zero-order valence-corrected chi connectivity index (χ0v) is 10.9. The van der Waals surface area contributed by atoms with Crippen molar-refractivity contribution in [2.24, 2.45) is 5.92 Å². The number of halogens is 1. The van der Waals surface area contributed by atoms with Gasteiger partial charge in [-0.15, -0.1) is 0 Å². The molecule has 2 atom stereocenters. The molecule has 2 fully saturated rings. The lowest BCUT2D eigenvalue weighted by molar-refractivity contribution is 0.218. The van der Waals surface area contributed by atoms with Crippen LogP contribution in [0.1, 0.15) is 37.4 Å². The fourth-order valence-corrected chi connectivity index (χ4v) is 3.01. The Labute approximate surface area is 112 Å². The van der Waals surface area contributed by atoms with E-state index in [4.69, 9.17) is 4.42 Å². The van der Waals surface area contributed by atoms with Gasteiger partial charge in [-0.2, -0.15) is 0 Å². The van der Waals surface area contributed by atoms with Gasteiger partial charge in [0.1, 0.15) is 17.2 Å². The molecule has 1 aromatic carbocycles. The van der Waals surface area contributed by atoms with Gasteiger partial charge in [-0.1, -0.05) is 0 Å². The molecule has 0 aliphatic heterocycles. The monoisotopic (exact) mass is 259 g/mol. The maximum atomic E-state index is 13.2. The van der Waals surface area contributed by atoms with E-state index in [9.17, 15) is 4.39 Å². The molecule has 1 aromatic heterocycles. The lowest BCUT2D eigenvalue weighted by atomic mass is 9.72. The number of fused-ring (bicyclic) bond motifs is 1. The topological polar surface area (TPSA) is 25.2 Å². The number of rotatable bonds is 4. The minimum Gasteiger partial charge on any atom is -0.461 e. The quantitative estimate of drug-likeness (QED) is 0.903. The predicted octanol–water partition coefficient (Wildman–Crippen LogP) is 3.82. The Morgan fingerprint density at radius 1 is 1.16 bits per heavy atom. The van der Waals surface area contributed by atoms with E-state index in [1.54, 1.807) is 12.1 Å². The van der Waals surface area contributed by atoms with E-state index in [0.29, 0.717) is 11.8 Å². The molecular formula is C16H18FNO. The lowest BCUT2D eigenvalue weighted by Gasteiger charge is -2.35. The standard InChI is InChI=1S/C16H18FNO/c17-12-2-6-15-11(7-12)8-16(19-15)14-5-1-10(14)9-18-13-3-4-13/h2,6-8,10,13-14,18H,1,3-5,9H2. The summed E-state index contributed by atoms with van der Waals surface area (Å²) >= 11 is 0. The van der Waals surface area contributed by atoms with Crippen LogP contribution in [0.4, 0.5) is 4.39 Å². The molecule has 0 spiro atoms. The Balaban J connectivity index is 1.52. The summed E-state index contributed by atoms with van der Waals surface area (Å²) in [6.07, 6.45) is 5.14. The molecule has 0 radical (unpaired) electrons. The van der Waals surface area contributed by atoms with Crippen molar-refractivity contribution in [2.75, 3.05) is 6.54 Å². The van der Waals surface area contributed by atoms with Crippen molar-refractivity contribution in [3.8, 4) is 0 Å². The first-order valence-electron chi connectivity index (χ1n) is 7.22. The van der Waals surface area contributed by atoms with Gasteiger partial charge in [-0.05, 0) is 62.4 Å². The van der Waals surface area contributed by atoms with Gasteiger partial charge in [0.25, 0.3) is 0 Å². The first-order valence-corrected chi connectivity index (χ1v) is 7.22. The SMILES string of the molecule is Fc1ccc2oc(C3CCC3CNC3CC3)cc2c1. The summed E-state index contributed by atoms with van der Waals surface area (Å²) in [7, 11) is 0. The van der Waals surface area contributed by atoms with Crippen LogP contribution in [0.15, 0.2) is 28.7 Å². The summed E-state index contributed by atoms with van der Waals surface area (Å²) in [5.41, 5.74) is 0.803. The van der Waals surface area contributed by atoms with Crippen LogP contribution < -0.4 is 5.32 Å². The van der Waals surface area contributed by atoms with Crippen LogP contribution in [0.3, 0.4) is 0 Å². The second-order valence-corrected chi connectivity index (χ2v) is 5.96. The minimum absolute atomic E-state index is 0.194. The highest BCUT2D eigenvalue weighted by molar-refractivity contribution is 5.78. The third-order valence-electron chi connectivity index (χ3n) is 4.53. The average Bonchev–Trinajstić information content (AvgIpc) is 3.08. The third-order valence-corrected chi connectivity index (χ3v) is 4.53. The third kappa shape index (κ3) is 2.16. The van der Waals surface area contributed by atoms with Crippen LogP contribution in [-0.4, -0.2) is 12.6 Å². The molecule has 4 rings (SSSR count). The van der Waals surface area contributed by atoms with Crippen molar-refractivity contribution < 1.29 is 8.81 Å². The predicted molar refractivity (Wildman–Crippen MR) is 72.7 cm³/mol. The van der Waals surface area contributed by atoms with Gasteiger partial charge in [-0.25, -0.2) is 4.39 Å². The number of hydrogen-bond donors (Lipinski definition) is 1. The van der Waals surface area contributed by atoms with Crippen LogP contribution in [0.25, 0.3) is 11.0 Å². The van der Waals surface area contributed by atoms with E-state index >= 15 is 0 Å². The van der Waals surface area contributed by atoms with Gasteiger partial charge in [0, 0.05) is 17.3 Å². The fraction of sp³-hybridized carbons (Fsp3) is 0.500. The van der Waals surface area contributed by atoms with Gasteiger partial charge >= 0.3 is 0 Å². The molecule has 2 aromatic rings. The van der Waals surface area contributed by atoms with Gasteiger partial charge in [-0.3, -0.25) is 0 Å². The summed E-state index contributed by atoms with van der Waals surface area (Å²) in [6.45, 7) is 1.10. The summed E-state index contributed by atoms with van der Waals surface area (Å²) in [4.78, 5) is 0. The molecular weight excluding hydrogens is 241 g/mol. The maximum Gasteiger partial charge on any atom is 0.134 e. The summed E-state index contributed by atoms with van der Waals surface area (Å²) in [6, 6.07) is 7.53. The Kier molecular flexibility index (Phi) is 2.62. The molecule has 3 heteroatoms. The second kappa shape index (κ2) is 4.34. The van der Waals surface area contributed by atoms with Gasteiger partial charge < -0.3 is 9.73 Å². The van der Waals surface area contributed by atoms with Crippen molar-refractivity contribution in [3.05, 3.63) is 35.8 Å². The van der Waals surface area contributed by atoms with Crippen molar-refractivity contribution in [2.45, 2.75) is 37.6 Å². The maximum absolute atomic E-state index is 13.2. The van der Waals surface area contributed by atoms with E-state index < -0.39 is 0 Å². The smallest absolute Gasteiger partial charge is 0.134 e. The second-order valence-electron chi connectivity index (χ2n) is 5.96. The molecule has 100 valence electrons. The Hall–Kier alpha value is -1.35. The molecule has 2 aliphatic rings. The van der Waals surface area contributed by atoms with Crippen LogP contribution in [0, 0.1) is 11.7 Å². The lowest BCUT2D eigenvalue weighted by Crippen LogP contribution is -2.34. The molecule has 1 N–H and O–H groups in total. The number of hydrogen-bond acceptors (Lipinski definition) is 2. The molecule has 2 saturated carbocycles. The fourth-order valence-electron chi connectivity index (χ4n) is 3.01. The van der Waals surface area contributed by atoms with Crippen LogP contribution in [-0.2, 0) is 0 Å². The van der Waals surface area contributed by atoms with E-state index in [-0.39, 0.29) is 5.82 Å². The number of benzene rings is 1. The molecule has 0 bridgehead atoms. The minimum atomic E-state index is -0.194. The summed E-state index contributed by atoms with van der Waals surface area (Å²) in [5, 5.41) is 4.48. The molecule has 2 nitrogen and oxygen atoms in total. The number of nitrogens with one attached hydrogen (secondary N) is 1. The summed E-state index contributed by atoms with van der Waals surface area (Å²) in [5.74, 6) is 2.04. The van der Waals surface area contributed by atoms with Crippen molar-refractivity contribution in [1.29, 1.82) is 0 Å². The highest BCUT2D eigenvalue weighted by Crippen LogP contribution is 2.44. The molecule has 2 aliphatic carbocycles. The number of furan rings is 1. The zero-order chi connectivity index (χ0) is 12.8. The Morgan fingerprint density at radius 3 is 2.79 bits per heavy atom. The largest absolute Gasteiger partial charge is 0.461 e. The molecule has 19 heavy (non-hydrogen) atoms. The Morgan fingerprint density at radius 2 is 2.05 bits per heavy atom. The first kappa shape index (κ1) is 11.5. The van der Waals surface area contributed by atoms with E-state index in [1.165, 1.54) is 31.7 Å². The van der Waals surface area contributed by atoms with E-state index in [1.807, 2.05) is 6.07 Å². The highest BCUT2D eigenvalue weighted by atomic mass is 19.1. The van der Waals surface area contributed by atoms with Crippen molar-refractivity contribution >= 4 is 11.0 Å². The zero-order valence-electron chi connectivity index (χ0n) is 10.9. The van der Waals surface area contributed by atoms with Gasteiger partial charge in [0.05, 0.1) is 0 Å². The molecule has 2 unspecified atom stereocenters.